The minimum absolute atomic E-state index is 0.193. The number of aliphatic hydroxyl groups is 1. The van der Waals surface area contributed by atoms with E-state index in [1.54, 1.807) is 0 Å². The van der Waals surface area contributed by atoms with E-state index in [4.69, 9.17) is 9.47 Å². The maximum absolute atomic E-state index is 9.69. The molecule has 4 atom stereocenters. The summed E-state index contributed by atoms with van der Waals surface area (Å²) in [7, 11) is 0. The lowest BCUT2D eigenvalue weighted by molar-refractivity contribution is -0.129. The van der Waals surface area contributed by atoms with Gasteiger partial charge in [0.05, 0.1) is 32.0 Å². The van der Waals surface area contributed by atoms with Crippen LogP contribution in [0.3, 0.4) is 0 Å². The molecule has 1 N–H and O–H groups in total. The molecule has 0 aromatic rings. The summed E-state index contributed by atoms with van der Waals surface area (Å²) in [4.78, 5) is 0. The van der Waals surface area contributed by atoms with E-state index in [0.717, 1.165) is 18.8 Å². The van der Waals surface area contributed by atoms with Gasteiger partial charge in [-0.25, -0.2) is 0 Å². The van der Waals surface area contributed by atoms with Crippen LogP contribution in [0.4, 0.5) is 0 Å². The van der Waals surface area contributed by atoms with Gasteiger partial charge in [0.2, 0.25) is 0 Å². The Kier molecular flexibility index (Phi) is 3.14. The Balaban J connectivity index is 1.77. The quantitative estimate of drug-likeness (QED) is 0.512. The fourth-order valence-corrected chi connectivity index (χ4v) is 2.34. The number of hydrogen-bond donors (Lipinski definition) is 2. The molecular formula is C9H16O3S. The third-order valence-electron chi connectivity index (χ3n) is 2.97. The maximum atomic E-state index is 9.69. The Morgan fingerprint density at radius 1 is 1.54 bits per heavy atom. The number of aliphatic hydroxyl groups excluding tert-OH is 1. The van der Waals surface area contributed by atoms with Crippen molar-refractivity contribution in [3.63, 3.8) is 0 Å². The summed E-state index contributed by atoms with van der Waals surface area (Å²) in [6, 6.07) is 0. The van der Waals surface area contributed by atoms with Crippen molar-refractivity contribution >= 4 is 12.6 Å². The fourth-order valence-electron chi connectivity index (χ4n) is 2.21. The van der Waals surface area contributed by atoms with E-state index in [1.807, 2.05) is 0 Å². The second-order valence-corrected chi connectivity index (χ2v) is 4.27. The molecule has 2 fully saturated rings. The molecule has 1 saturated carbocycles. The molecule has 2 rings (SSSR count). The smallest absolute Gasteiger partial charge is 0.0701 e. The molecule has 13 heavy (non-hydrogen) atoms. The zero-order chi connectivity index (χ0) is 9.26. The van der Waals surface area contributed by atoms with Gasteiger partial charge in [-0.3, -0.25) is 0 Å². The van der Waals surface area contributed by atoms with Gasteiger partial charge in [0.25, 0.3) is 0 Å². The summed E-state index contributed by atoms with van der Waals surface area (Å²) in [5.74, 6) is 1.51. The van der Waals surface area contributed by atoms with Gasteiger partial charge in [-0.2, -0.15) is 12.6 Å². The van der Waals surface area contributed by atoms with E-state index in [9.17, 15) is 5.11 Å². The highest BCUT2D eigenvalue weighted by Crippen LogP contribution is 2.40. The van der Waals surface area contributed by atoms with Gasteiger partial charge in [-0.1, -0.05) is 0 Å². The van der Waals surface area contributed by atoms with Crippen LogP contribution in [-0.2, 0) is 9.47 Å². The zero-order valence-electron chi connectivity index (χ0n) is 7.56. The van der Waals surface area contributed by atoms with Crippen molar-refractivity contribution in [1.82, 2.24) is 0 Å². The third-order valence-corrected chi connectivity index (χ3v) is 3.16. The summed E-state index contributed by atoms with van der Waals surface area (Å²) < 4.78 is 10.8. The molecule has 0 amide bonds. The summed E-state index contributed by atoms with van der Waals surface area (Å²) >= 11 is 4.06. The van der Waals surface area contributed by atoms with Crippen molar-refractivity contribution in [3.05, 3.63) is 0 Å². The highest BCUT2D eigenvalue weighted by atomic mass is 32.1. The number of ether oxygens (including phenoxy) is 2. The lowest BCUT2D eigenvalue weighted by Gasteiger charge is -2.34. The largest absolute Gasteiger partial charge is 0.393 e. The first-order chi connectivity index (χ1) is 6.33. The molecular weight excluding hydrogens is 188 g/mol. The summed E-state index contributed by atoms with van der Waals surface area (Å²) in [5.41, 5.74) is 0. The molecule has 1 heterocycles. The van der Waals surface area contributed by atoms with E-state index in [2.05, 4.69) is 12.6 Å². The van der Waals surface area contributed by atoms with Gasteiger partial charge >= 0.3 is 0 Å². The molecule has 0 radical (unpaired) electrons. The minimum Gasteiger partial charge on any atom is -0.393 e. The molecule has 76 valence electrons. The lowest BCUT2D eigenvalue weighted by Crippen LogP contribution is -2.41. The second-order valence-electron chi connectivity index (χ2n) is 3.82. The number of thiol groups is 1. The van der Waals surface area contributed by atoms with Crippen molar-refractivity contribution < 1.29 is 14.6 Å². The Hall–Kier alpha value is 0.230. The zero-order valence-corrected chi connectivity index (χ0v) is 8.45. The first kappa shape index (κ1) is 9.77. The first-order valence-corrected chi connectivity index (χ1v) is 5.44. The lowest BCUT2D eigenvalue weighted by atomic mass is 9.97. The topological polar surface area (TPSA) is 38.7 Å². The number of fused-ring (bicyclic) bond motifs is 1. The van der Waals surface area contributed by atoms with Crippen LogP contribution < -0.4 is 0 Å². The van der Waals surface area contributed by atoms with Crippen LogP contribution in [0.2, 0.25) is 0 Å². The molecule has 1 aliphatic heterocycles. The molecule has 2 aliphatic rings. The molecule has 0 aromatic carbocycles. The maximum Gasteiger partial charge on any atom is 0.0701 e. The van der Waals surface area contributed by atoms with Crippen LogP contribution in [-0.4, -0.2) is 42.9 Å². The predicted octanol–water partition coefficient (Wildman–Crippen LogP) is 0.329. The molecule has 3 unspecified atom stereocenters. The van der Waals surface area contributed by atoms with Crippen molar-refractivity contribution in [3.8, 4) is 0 Å². The highest BCUT2D eigenvalue weighted by molar-refractivity contribution is 7.80. The van der Waals surface area contributed by atoms with E-state index in [0.29, 0.717) is 19.1 Å². The molecule has 4 heteroatoms. The van der Waals surface area contributed by atoms with Crippen molar-refractivity contribution in [2.75, 3.05) is 25.6 Å². The summed E-state index contributed by atoms with van der Waals surface area (Å²) in [6.07, 6.45) is 0.923. The van der Waals surface area contributed by atoms with Gasteiger partial charge < -0.3 is 14.6 Å². The van der Waals surface area contributed by atoms with E-state index in [1.165, 1.54) is 0 Å². The van der Waals surface area contributed by atoms with Gasteiger partial charge in [0.1, 0.15) is 0 Å². The van der Waals surface area contributed by atoms with E-state index < -0.39 is 0 Å². The van der Waals surface area contributed by atoms with Gasteiger partial charge in [-0.05, 0) is 6.42 Å². The Labute approximate surface area is 83.8 Å². The Morgan fingerprint density at radius 2 is 2.38 bits per heavy atom. The average Bonchev–Trinajstić information content (AvgIpc) is 2.29. The van der Waals surface area contributed by atoms with Crippen molar-refractivity contribution in [1.29, 1.82) is 0 Å². The van der Waals surface area contributed by atoms with Crippen LogP contribution >= 0.6 is 12.6 Å². The molecule has 0 spiro atoms. The van der Waals surface area contributed by atoms with Crippen molar-refractivity contribution in [2.45, 2.75) is 18.6 Å². The van der Waals surface area contributed by atoms with Crippen LogP contribution in [0.1, 0.15) is 6.42 Å². The molecule has 3 nitrogen and oxygen atoms in total. The van der Waals surface area contributed by atoms with Gasteiger partial charge in [0, 0.05) is 17.6 Å². The normalized spacial score (nSPS) is 42.9. The van der Waals surface area contributed by atoms with Crippen LogP contribution in [0, 0.1) is 11.8 Å². The fraction of sp³-hybridized carbons (Fsp3) is 1.00. The van der Waals surface area contributed by atoms with Crippen LogP contribution in [0.25, 0.3) is 0 Å². The molecule has 0 bridgehead atoms. The number of rotatable bonds is 4. The molecule has 0 aromatic heterocycles. The Bertz CT molecular complexity index is 176. The first-order valence-electron chi connectivity index (χ1n) is 4.81. The molecule has 1 aliphatic carbocycles. The SMILES string of the molecule is OC1C[C@@H]2COC2C1COCCS. The highest BCUT2D eigenvalue weighted by Gasteiger charge is 2.48. The van der Waals surface area contributed by atoms with Crippen LogP contribution in [0.15, 0.2) is 0 Å². The van der Waals surface area contributed by atoms with Gasteiger partial charge in [-0.15, -0.1) is 0 Å². The van der Waals surface area contributed by atoms with E-state index >= 15 is 0 Å². The average molecular weight is 204 g/mol. The minimum atomic E-state index is -0.225. The van der Waals surface area contributed by atoms with E-state index in [-0.39, 0.29) is 18.1 Å². The van der Waals surface area contributed by atoms with Crippen LogP contribution in [0.5, 0.6) is 0 Å². The Morgan fingerprint density at radius 3 is 2.92 bits per heavy atom. The predicted molar refractivity (Wildman–Crippen MR) is 52.0 cm³/mol. The standard InChI is InChI=1S/C9H16O3S/c10-8-3-6-4-12-9(6)7(8)5-11-1-2-13/h6-10,13H,1-5H2/t6-,7?,8?,9?/m1/s1. The third kappa shape index (κ3) is 1.86. The van der Waals surface area contributed by atoms with Gasteiger partial charge in [0.15, 0.2) is 0 Å². The summed E-state index contributed by atoms with van der Waals surface area (Å²) in [5, 5.41) is 9.69. The molecule has 1 saturated heterocycles. The monoisotopic (exact) mass is 204 g/mol. The second kappa shape index (κ2) is 4.17. The number of hydrogen-bond acceptors (Lipinski definition) is 4. The summed E-state index contributed by atoms with van der Waals surface area (Å²) in [6.45, 7) is 2.09. The van der Waals surface area contributed by atoms with Crippen molar-refractivity contribution in [2.24, 2.45) is 11.8 Å².